The number of aliphatic hydroxyl groups is 1. The molecule has 7 heteroatoms. The van der Waals surface area contributed by atoms with E-state index >= 15 is 0 Å². The summed E-state index contributed by atoms with van der Waals surface area (Å²) in [6, 6.07) is 7.89. The van der Waals surface area contributed by atoms with E-state index in [0.717, 1.165) is 56.0 Å². The number of amides is 1. The van der Waals surface area contributed by atoms with E-state index in [1.807, 2.05) is 38.1 Å². The summed E-state index contributed by atoms with van der Waals surface area (Å²) in [6.07, 6.45) is 7.78. The molecule has 1 aliphatic rings. The quantitative estimate of drug-likeness (QED) is 0.196. The summed E-state index contributed by atoms with van der Waals surface area (Å²) < 4.78 is 0. The number of carbonyl (C=O) groups excluding carboxylic acids is 1. The highest BCUT2D eigenvalue weighted by molar-refractivity contribution is 14.0. The molecule has 0 saturated heterocycles. The number of aliphatic imine (C=N–C) groups is 1. The first kappa shape index (κ1) is 27.7. The molecule has 1 amide bonds. The molecule has 1 aromatic carbocycles. The molecule has 1 fully saturated rings. The Labute approximate surface area is 205 Å². The molecule has 1 aliphatic carbocycles. The molecule has 2 rings (SSSR count). The van der Waals surface area contributed by atoms with Crippen LogP contribution in [0.25, 0.3) is 0 Å². The van der Waals surface area contributed by atoms with Gasteiger partial charge in [0.15, 0.2) is 5.96 Å². The van der Waals surface area contributed by atoms with Crippen molar-refractivity contribution in [2.75, 3.05) is 25.0 Å². The van der Waals surface area contributed by atoms with Crippen LogP contribution in [0.5, 0.6) is 0 Å². The lowest BCUT2D eigenvalue weighted by molar-refractivity contribution is -0.119. The molecule has 0 heterocycles. The van der Waals surface area contributed by atoms with E-state index in [1.54, 1.807) is 0 Å². The van der Waals surface area contributed by atoms with Gasteiger partial charge in [-0.3, -0.25) is 4.79 Å². The number of aliphatic hydroxyl groups excluding tert-OH is 1. The number of anilines is 1. The van der Waals surface area contributed by atoms with Gasteiger partial charge in [0.1, 0.15) is 0 Å². The number of benzene rings is 1. The minimum Gasteiger partial charge on any atom is -0.396 e. The molecule has 1 unspecified atom stereocenters. The molecule has 31 heavy (non-hydrogen) atoms. The van der Waals surface area contributed by atoms with Crippen molar-refractivity contribution in [2.24, 2.45) is 16.3 Å². The molecule has 0 aliphatic heterocycles. The summed E-state index contributed by atoms with van der Waals surface area (Å²) in [5, 5.41) is 19.4. The van der Waals surface area contributed by atoms with E-state index in [4.69, 9.17) is 4.99 Å². The topological polar surface area (TPSA) is 85.8 Å². The molecule has 6 nitrogen and oxygen atoms in total. The first-order valence-corrected chi connectivity index (χ1v) is 11.5. The molecule has 1 atom stereocenters. The van der Waals surface area contributed by atoms with Crippen molar-refractivity contribution in [2.45, 2.75) is 72.3 Å². The van der Waals surface area contributed by atoms with Crippen LogP contribution in [0.3, 0.4) is 0 Å². The SMILES string of the molecule is CCNC(=NCc1cccc(NC(=O)C(C)CC)c1)NCC1(CCO)CCCCC1.I. The Balaban J connectivity index is 0.00000480. The van der Waals surface area contributed by atoms with E-state index in [2.05, 4.69) is 22.9 Å². The molecule has 1 saturated carbocycles. The van der Waals surface area contributed by atoms with Crippen LogP contribution in [0, 0.1) is 11.3 Å². The largest absolute Gasteiger partial charge is 0.396 e. The van der Waals surface area contributed by atoms with Crippen LogP contribution in [0.4, 0.5) is 5.69 Å². The second-order valence-electron chi connectivity index (χ2n) is 8.58. The zero-order valence-corrected chi connectivity index (χ0v) is 21.7. The number of carbonyl (C=O) groups is 1. The molecular formula is C24H41IN4O2. The highest BCUT2D eigenvalue weighted by atomic mass is 127. The Bertz CT molecular complexity index is 684. The third-order valence-corrected chi connectivity index (χ3v) is 6.21. The number of hydrogen-bond donors (Lipinski definition) is 4. The van der Waals surface area contributed by atoms with E-state index in [-0.39, 0.29) is 47.8 Å². The van der Waals surface area contributed by atoms with Gasteiger partial charge in [0.05, 0.1) is 6.54 Å². The maximum absolute atomic E-state index is 12.1. The minimum atomic E-state index is 0. The third kappa shape index (κ3) is 9.35. The highest BCUT2D eigenvalue weighted by Gasteiger charge is 2.31. The van der Waals surface area contributed by atoms with Crippen molar-refractivity contribution in [1.29, 1.82) is 0 Å². The monoisotopic (exact) mass is 544 g/mol. The van der Waals surface area contributed by atoms with Crippen molar-refractivity contribution in [3.05, 3.63) is 29.8 Å². The molecule has 0 aromatic heterocycles. The normalized spacial score (nSPS) is 16.7. The van der Waals surface area contributed by atoms with Crippen LogP contribution in [-0.4, -0.2) is 36.7 Å². The van der Waals surface area contributed by atoms with Crippen molar-refractivity contribution in [1.82, 2.24) is 10.6 Å². The zero-order chi connectivity index (χ0) is 21.8. The van der Waals surface area contributed by atoms with Crippen molar-refractivity contribution in [3.63, 3.8) is 0 Å². The minimum absolute atomic E-state index is 0. The van der Waals surface area contributed by atoms with E-state index in [1.165, 1.54) is 19.3 Å². The van der Waals surface area contributed by atoms with Gasteiger partial charge in [-0.1, -0.05) is 45.2 Å². The summed E-state index contributed by atoms with van der Waals surface area (Å²) in [5.74, 6) is 0.853. The van der Waals surface area contributed by atoms with Crippen LogP contribution >= 0.6 is 24.0 Å². The maximum atomic E-state index is 12.1. The lowest BCUT2D eigenvalue weighted by atomic mass is 9.72. The summed E-state index contributed by atoms with van der Waals surface area (Å²) in [4.78, 5) is 16.9. The van der Waals surface area contributed by atoms with Crippen LogP contribution in [0.2, 0.25) is 0 Å². The summed E-state index contributed by atoms with van der Waals surface area (Å²) >= 11 is 0. The maximum Gasteiger partial charge on any atom is 0.227 e. The van der Waals surface area contributed by atoms with Crippen molar-refractivity contribution in [3.8, 4) is 0 Å². The second kappa shape index (κ2) is 14.7. The van der Waals surface area contributed by atoms with Gasteiger partial charge in [0.25, 0.3) is 0 Å². The van der Waals surface area contributed by atoms with Crippen LogP contribution in [0.15, 0.2) is 29.3 Å². The first-order chi connectivity index (χ1) is 14.5. The average molecular weight is 545 g/mol. The Morgan fingerprint density at radius 1 is 1.19 bits per heavy atom. The number of hydrogen-bond acceptors (Lipinski definition) is 3. The van der Waals surface area contributed by atoms with Gasteiger partial charge in [0, 0.05) is 31.3 Å². The standard InChI is InChI=1S/C24H40N4O2.HI/c1-4-19(3)22(30)28-21-11-9-10-20(16-21)17-26-23(25-5-2)27-18-24(14-15-29)12-7-6-8-13-24;/h9-11,16,19,29H,4-8,12-15,17-18H2,1-3H3,(H,28,30)(H2,25,26,27);1H. The van der Waals surface area contributed by atoms with E-state index in [0.29, 0.717) is 6.54 Å². The lowest BCUT2D eigenvalue weighted by Crippen LogP contribution is -2.44. The van der Waals surface area contributed by atoms with Crippen molar-refractivity contribution >= 4 is 41.5 Å². The fourth-order valence-electron chi connectivity index (χ4n) is 4.04. The average Bonchev–Trinajstić information content (AvgIpc) is 2.76. The molecule has 1 aromatic rings. The Morgan fingerprint density at radius 2 is 1.94 bits per heavy atom. The van der Waals surface area contributed by atoms with Gasteiger partial charge in [-0.05, 0) is 55.7 Å². The van der Waals surface area contributed by atoms with Gasteiger partial charge < -0.3 is 21.1 Å². The van der Waals surface area contributed by atoms with Crippen LogP contribution in [-0.2, 0) is 11.3 Å². The Kier molecular flexibility index (Phi) is 13.1. The number of guanidine groups is 1. The van der Waals surface area contributed by atoms with Gasteiger partial charge in [-0.25, -0.2) is 4.99 Å². The molecule has 4 N–H and O–H groups in total. The van der Waals surface area contributed by atoms with Crippen molar-refractivity contribution < 1.29 is 9.90 Å². The van der Waals surface area contributed by atoms with Crippen LogP contribution < -0.4 is 16.0 Å². The highest BCUT2D eigenvalue weighted by Crippen LogP contribution is 2.38. The van der Waals surface area contributed by atoms with Gasteiger partial charge in [0.2, 0.25) is 5.91 Å². The molecule has 0 radical (unpaired) electrons. The Morgan fingerprint density at radius 3 is 2.58 bits per heavy atom. The van der Waals surface area contributed by atoms with E-state index < -0.39 is 0 Å². The number of rotatable bonds is 10. The predicted molar refractivity (Wildman–Crippen MR) is 140 cm³/mol. The van der Waals surface area contributed by atoms with Gasteiger partial charge >= 0.3 is 0 Å². The lowest BCUT2D eigenvalue weighted by Gasteiger charge is -2.37. The summed E-state index contributed by atoms with van der Waals surface area (Å²) in [6.45, 7) is 8.43. The fourth-order valence-corrected chi connectivity index (χ4v) is 4.04. The second-order valence-corrected chi connectivity index (χ2v) is 8.58. The smallest absolute Gasteiger partial charge is 0.227 e. The predicted octanol–water partition coefficient (Wildman–Crippen LogP) is 4.68. The molecule has 0 spiro atoms. The summed E-state index contributed by atoms with van der Waals surface area (Å²) in [5.41, 5.74) is 2.04. The molecule has 0 bridgehead atoms. The van der Waals surface area contributed by atoms with Crippen LogP contribution in [0.1, 0.15) is 71.3 Å². The zero-order valence-electron chi connectivity index (χ0n) is 19.4. The molecular weight excluding hydrogens is 503 g/mol. The third-order valence-electron chi connectivity index (χ3n) is 6.21. The first-order valence-electron chi connectivity index (χ1n) is 11.5. The number of halogens is 1. The number of nitrogens with zero attached hydrogens (tertiary/aromatic N) is 1. The molecule has 176 valence electrons. The van der Waals surface area contributed by atoms with Gasteiger partial charge in [-0.2, -0.15) is 0 Å². The fraction of sp³-hybridized carbons (Fsp3) is 0.667. The summed E-state index contributed by atoms with van der Waals surface area (Å²) in [7, 11) is 0. The van der Waals surface area contributed by atoms with Gasteiger partial charge in [-0.15, -0.1) is 24.0 Å². The number of nitrogens with one attached hydrogen (secondary N) is 3. The Hall–Kier alpha value is -1.35. The van der Waals surface area contributed by atoms with E-state index in [9.17, 15) is 9.90 Å².